The predicted molar refractivity (Wildman–Crippen MR) is 69.5 cm³/mol. The Hall–Kier alpha value is -0.890. The molecule has 1 fully saturated rings. The molecule has 1 aliphatic carbocycles. The van der Waals surface area contributed by atoms with Crippen molar-refractivity contribution in [3.05, 3.63) is 35.1 Å². The molecule has 0 saturated heterocycles. The summed E-state index contributed by atoms with van der Waals surface area (Å²) < 4.78 is 13.5. The van der Waals surface area contributed by atoms with Gasteiger partial charge in [-0.15, -0.1) is 0 Å². The summed E-state index contributed by atoms with van der Waals surface area (Å²) in [6.07, 6.45) is 2.60. The molecule has 2 rings (SSSR count). The van der Waals surface area contributed by atoms with Crippen molar-refractivity contribution in [3.63, 3.8) is 0 Å². The Morgan fingerprint density at radius 1 is 1.29 bits per heavy atom. The highest BCUT2D eigenvalue weighted by atomic mass is 19.1. The molecule has 1 aliphatic rings. The van der Waals surface area contributed by atoms with Crippen LogP contribution < -0.4 is 5.32 Å². The van der Waals surface area contributed by atoms with Gasteiger partial charge < -0.3 is 5.32 Å². The van der Waals surface area contributed by atoms with Gasteiger partial charge in [0.15, 0.2) is 0 Å². The summed E-state index contributed by atoms with van der Waals surface area (Å²) in [4.78, 5) is 0. The third-order valence-corrected chi connectivity index (χ3v) is 4.28. The van der Waals surface area contributed by atoms with Crippen LogP contribution in [0.4, 0.5) is 4.39 Å². The van der Waals surface area contributed by atoms with E-state index in [1.807, 2.05) is 12.1 Å². The number of aryl methyl sites for hydroxylation is 1. The van der Waals surface area contributed by atoms with Crippen molar-refractivity contribution < 1.29 is 4.39 Å². The van der Waals surface area contributed by atoms with Gasteiger partial charge in [-0.1, -0.05) is 19.1 Å². The van der Waals surface area contributed by atoms with Gasteiger partial charge in [-0.2, -0.15) is 0 Å². The Kier molecular flexibility index (Phi) is 3.26. The fourth-order valence-corrected chi connectivity index (χ4v) is 2.18. The first kappa shape index (κ1) is 12.6. The smallest absolute Gasteiger partial charge is 0.126 e. The second kappa shape index (κ2) is 4.41. The zero-order chi connectivity index (χ0) is 12.6. The van der Waals surface area contributed by atoms with Crippen molar-refractivity contribution in [2.24, 2.45) is 5.41 Å². The van der Waals surface area contributed by atoms with E-state index >= 15 is 0 Å². The molecule has 0 bridgehead atoms. The van der Waals surface area contributed by atoms with E-state index in [9.17, 15) is 4.39 Å². The van der Waals surface area contributed by atoms with Gasteiger partial charge >= 0.3 is 0 Å². The average molecular weight is 235 g/mol. The summed E-state index contributed by atoms with van der Waals surface area (Å²) in [5.41, 5.74) is 2.20. The molecule has 0 spiro atoms. The second-order valence-electron chi connectivity index (χ2n) is 5.77. The lowest BCUT2D eigenvalue weighted by Gasteiger charge is -2.25. The number of nitrogens with one attached hydrogen (secondary N) is 1. The number of hydrogen-bond acceptors (Lipinski definition) is 1. The van der Waals surface area contributed by atoms with Gasteiger partial charge in [0.05, 0.1) is 0 Å². The molecule has 0 aliphatic heterocycles. The predicted octanol–water partition coefficient (Wildman–Crippen LogP) is 3.97. The van der Waals surface area contributed by atoms with Crippen molar-refractivity contribution in [1.29, 1.82) is 0 Å². The van der Waals surface area contributed by atoms with Crippen LogP contribution in [0.15, 0.2) is 18.2 Å². The lowest BCUT2D eigenvalue weighted by atomic mass is 9.98. The summed E-state index contributed by atoms with van der Waals surface area (Å²) in [6, 6.07) is 6.21. The van der Waals surface area contributed by atoms with E-state index in [0.717, 1.165) is 5.56 Å². The highest BCUT2D eigenvalue weighted by Crippen LogP contribution is 2.48. The lowest BCUT2D eigenvalue weighted by Crippen LogP contribution is -2.35. The van der Waals surface area contributed by atoms with Crippen LogP contribution >= 0.6 is 0 Å². The summed E-state index contributed by atoms with van der Waals surface area (Å²) in [5, 5.41) is 3.58. The van der Waals surface area contributed by atoms with Crippen molar-refractivity contribution in [1.82, 2.24) is 5.32 Å². The second-order valence-corrected chi connectivity index (χ2v) is 5.77. The molecule has 1 nitrogen and oxygen atoms in total. The third kappa shape index (κ3) is 2.68. The van der Waals surface area contributed by atoms with Gasteiger partial charge in [0.2, 0.25) is 0 Å². The largest absolute Gasteiger partial charge is 0.307 e. The summed E-state index contributed by atoms with van der Waals surface area (Å²) >= 11 is 0. The number of halogens is 1. The Balaban J connectivity index is 2.03. The first-order valence-corrected chi connectivity index (χ1v) is 6.44. The maximum absolute atomic E-state index is 13.5. The van der Waals surface area contributed by atoms with E-state index in [2.05, 4.69) is 26.1 Å². The van der Waals surface area contributed by atoms with Crippen LogP contribution in [0.5, 0.6) is 0 Å². The molecular weight excluding hydrogens is 213 g/mol. The molecule has 1 aromatic rings. The molecule has 1 saturated carbocycles. The van der Waals surface area contributed by atoms with Crippen LogP contribution in [-0.4, -0.2) is 6.04 Å². The minimum absolute atomic E-state index is 0.110. The standard InChI is InChI=1S/C15H22FN/c1-10-5-6-13(9-14(10)16)11(2)17-12(3)15(4)7-8-15/h5-6,9,11-12,17H,7-8H2,1-4H3. The van der Waals surface area contributed by atoms with Crippen LogP contribution in [0.2, 0.25) is 0 Å². The van der Waals surface area contributed by atoms with Crippen LogP contribution in [0.25, 0.3) is 0 Å². The topological polar surface area (TPSA) is 12.0 Å². The van der Waals surface area contributed by atoms with Crippen LogP contribution in [0.3, 0.4) is 0 Å². The van der Waals surface area contributed by atoms with Crippen molar-refractivity contribution >= 4 is 0 Å². The molecule has 1 N–H and O–H groups in total. The van der Waals surface area contributed by atoms with Crippen LogP contribution in [0.1, 0.15) is 50.8 Å². The maximum atomic E-state index is 13.5. The van der Waals surface area contributed by atoms with E-state index in [0.29, 0.717) is 17.0 Å². The van der Waals surface area contributed by atoms with Gasteiger partial charge in [-0.3, -0.25) is 0 Å². The monoisotopic (exact) mass is 235 g/mol. The zero-order valence-electron chi connectivity index (χ0n) is 11.2. The molecule has 2 atom stereocenters. The molecule has 94 valence electrons. The molecular formula is C15H22FN. The SMILES string of the molecule is Cc1ccc(C(C)NC(C)C2(C)CC2)cc1F. The highest BCUT2D eigenvalue weighted by molar-refractivity contribution is 5.25. The Bertz CT molecular complexity index is 409. The van der Waals surface area contributed by atoms with Gasteiger partial charge in [0.25, 0.3) is 0 Å². The third-order valence-electron chi connectivity index (χ3n) is 4.28. The van der Waals surface area contributed by atoms with Crippen molar-refractivity contribution in [2.45, 2.75) is 52.6 Å². The minimum Gasteiger partial charge on any atom is -0.307 e. The summed E-state index contributed by atoms with van der Waals surface area (Å²) in [7, 11) is 0. The first-order valence-electron chi connectivity index (χ1n) is 6.44. The Morgan fingerprint density at radius 3 is 2.47 bits per heavy atom. The molecule has 0 amide bonds. The van der Waals surface area contributed by atoms with Crippen LogP contribution in [0, 0.1) is 18.2 Å². The molecule has 0 radical (unpaired) electrons. The summed E-state index contributed by atoms with van der Waals surface area (Å²) in [5.74, 6) is -0.110. The Labute approximate surface area is 103 Å². The fourth-order valence-electron chi connectivity index (χ4n) is 2.18. The molecule has 0 aromatic heterocycles. The minimum atomic E-state index is -0.110. The number of rotatable bonds is 4. The van der Waals surface area contributed by atoms with E-state index in [1.165, 1.54) is 12.8 Å². The average Bonchev–Trinajstić information content (AvgIpc) is 3.02. The lowest BCUT2D eigenvalue weighted by molar-refractivity contribution is 0.350. The van der Waals surface area contributed by atoms with Crippen molar-refractivity contribution in [2.75, 3.05) is 0 Å². The van der Waals surface area contributed by atoms with Crippen molar-refractivity contribution in [3.8, 4) is 0 Å². The molecule has 17 heavy (non-hydrogen) atoms. The van der Waals surface area contributed by atoms with Gasteiger partial charge in [0.1, 0.15) is 5.82 Å². The molecule has 0 heterocycles. The Morgan fingerprint density at radius 2 is 1.94 bits per heavy atom. The number of hydrogen-bond donors (Lipinski definition) is 1. The fraction of sp³-hybridized carbons (Fsp3) is 0.600. The zero-order valence-corrected chi connectivity index (χ0v) is 11.2. The molecule has 1 aromatic carbocycles. The normalized spacial score (nSPS) is 21.0. The highest BCUT2D eigenvalue weighted by Gasteiger charge is 2.42. The van der Waals surface area contributed by atoms with Crippen LogP contribution in [-0.2, 0) is 0 Å². The van der Waals surface area contributed by atoms with Gasteiger partial charge in [-0.25, -0.2) is 4.39 Å². The van der Waals surface area contributed by atoms with Gasteiger partial charge in [-0.05, 0) is 56.2 Å². The van der Waals surface area contributed by atoms with E-state index in [4.69, 9.17) is 0 Å². The molecule has 2 heteroatoms. The van der Waals surface area contributed by atoms with Gasteiger partial charge in [0, 0.05) is 12.1 Å². The summed E-state index contributed by atoms with van der Waals surface area (Å²) in [6.45, 7) is 8.44. The van der Waals surface area contributed by atoms with E-state index < -0.39 is 0 Å². The maximum Gasteiger partial charge on any atom is 0.126 e. The quantitative estimate of drug-likeness (QED) is 0.832. The van der Waals surface area contributed by atoms with E-state index in [-0.39, 0.29) is 11.9 Å². The first-order chi connectivity index (χ1) is 7.92. The number of benzene rings is 1. The molecule has 2 unspecified atom stereocenters. The van der Waals surface area contributed by atoms with E-state index in [1.54, 1.807) is 13.0 Å².